The van der Waals surface area contributed by atoms with Crippen molar-refractivity contribution in [2.75, 3.05) is 7.11 Å². The minimum Gasteiger partial charge on any atom is -0.469 e. The number of nitrogens with two attached hydrogens (primary N) is 1. The zero-order valence-electron chi connectivity index (χ0n) is 23.5. The van der Waals surface area contributed by atoms with Gasteiger partial charge in [0.25, 0.3) is 0 Å². The monoisotopic (exact) mass is 497 g/mol. The molecule has 0 amide bonds. The molecule has 36 heavy (non-hydrogen) atoms. The van der Waals surface area contributed by atoms with E-state index >= 15 is 0 Å². The number of carbonyl (C=O) groups is 3. The second-order valence-electron chi connectivity index (χ2n) is 14.8. The van der Waals surface area contributed by atoms with E-state index in [0.717, 1.165) is 50.5 Å². The fourth-order valence-corrected chi connectivity index (χ4v) is 10.9. The maximum atomic E-state index is 14.4. The van der Waals surface area contributed by atoms with E-state index in [4.69, 9.17) is 10.5 Å². The molecule has 0 aliphatic heterocycles. The van der Waals surface area contributed by atoms with E-state index in [-0.39, 0.29) is 63.0 Å². The Hall–Kier alpha value is -1.65. The molecule has 5 heteroatoms. The molecule has 0 heterocycles. The molecule has 5 fully saturated rings. The van der Waals surface area contributed by atoms with Crippen molar-refractivity contribution in [3.05, 3.63) is 11.8 Å². The first-order chi connectivity index (χ1) is 16.7. The lowest BCUT2D eigenvalue weighted by atomic mass is 9.32. The first kappa shape index (κ1) is 26.0. The SMILES string of the molecule is COC(=O)[C@]12CCC(C)(C)CC1C1C(=O)CC3[C@@]4(C)CC(=CN)C(=O)[C@H](C)C4CC[C@@]3(C)[C@]1(C)CC2. The van der Waals surface area contributed by atoms with Crippen LogP contribution in [-0.2, 0) is 19.1 Å². The van der Waals surface area contributed by atoms with Crippen LogP contribution in [0.4, 0.5) is 0 Å². The van der Waals surface area contributed by atoms with Gasteiger partial charge < -0.3 is 10.5 Å². The maximum absolute atomic E-state index is 14.4. The highest BCUT2D eigenvalue weighted by Crippen LogP contribution is 2.75. The van der Waals surface area contributed by atoms with E-state index in [0.29, 0.717) is 18.6 Å². The van der Waals surface area contributed by atoms with Crippen molar-refractivity contribution >= 4 is 17.5 Å². The van der Waals surface area contributed by atoms with Crippen molar-refractivity contribution < 1.29 is 19.1 Å². The highest BCUT2D eigenvalue weighted by molar-refractivity contribution is 5.98. The topological polar surface area (TPSA) is 86.5 Å². The molecule has 0 spiro atoms. The quantitative estimate of drug-likeness (QED) is 0.363. The van der Waals surface area contributed by atoms with Crippen LogP contribution < -0.4 is 5.73 Å². The molecule has 5 nitrogen and oxygen atoms in total. The van der Waals surface area contributed by atoms with E-state index in [1.165, 1.54) is 13.3 Å². The zero-order valence-corrected chi connectivity index (χ0v) is 23.5. The molecule has 4 unspecified atom stereocenters. The Kier molecular flexibility index (Phi) is 5.72. The highest BCUT2D eigenvalue weighted by Gasteiger charge is 2.72. The predicted molar refractivity (Wildman–Crippen MR) is 140 cm³/mol. The fourth-order valence-electron chi connectivity index (χ4n) is 10.9. The molecule has 2 N–H and O–H groups in total. The van der Waals surface area contributed by atoms with Crippen LogP contribution >= 0.6 is 0 Å². The van der Waals surface area contributed by atoms with E-state index in [1.54, 1.807) is 0 Å². The van der Waals surface area contributed by atoms with Gasteiger partial charge >= 0.3 is 5.97 Å². The molecular formula is C31H47NO4. The van der Waals surface area contributed by atoms with E-state index in [9.17, 15) is 14.4 Å². The third-order valence-corrected chi connectivity index (χ3v) is 13.1. The molecule has 0 aromatic heterocycles. The molecule has 0 bridgehead atoms. The second kappa shape index (κ2) is 7.93. The normalized spacial score (nSPS) is 51.0. The summed E-state index contributed by atoms with van der Waals surface area (Å²) in [6.45, 7) is 13.8. The van der Waals surface area contributed by atoms with Crippen LogP contribution in [-0.4, -0.2) is 24.6 Å². The Morgan fingerprint density at radius 3 is 2.28 bits per heavy atom. The van der Waals surface area contributed by atoms with Gasteiger partial charge in [-0.05, 0) is 90.8 Å². The van der Waals surface area contributed by atoms with Crippen LogP contribution in [0.3, 0.4) is 0 Å². The van der Waals surface area contributed by atoms with Gasteiger partial charge in [0.15, 0.2) is 5.78 Å². The lowest BCUT2D eigenvalue weighted by Gasteiger charge is -2.71. The standard InChI is InChI=1S/C31H47NO4/c1-18-20-8-9-29(5)23(28(20,4)15-19(17-32)25(18)34)14-22(33)24-21-16-27(2,3)10-12-31(21,26(35)36-7)13-11-30(24,29)6/h17-18,20-21,23-24H,8-16,32H2,1-7H3/t18-,20?,21?,23?,24?,28+,29-,30-,31+/m1/s1. The lowest BCUT2D eigenvalue weighted by Crippen LogP contribution is -2.69. The average Bonchev–Trinajstić information content (AvgIpc) is 2.82. The van der Waals surface area contributed by atoms with Gasteiger partial charge in [-0.3, -0.25) is 14.4 Å². The summed E-state index contributed by atoms with van der Waals surface area (Å²) < 4.78 is 5.43. The van der Waals surface area contributed by atoms with Crippen LogP contribution in [0, 0.1) is 56.7 Å². The average molecular weight is 498 g/mol. The molecular weight excluding hydrogens is 450 g/mol. The molecule has 5 aliphatic rings. The van der Waals surface area contributed by atoms with Gasteiger partial charge in [-0.25, -0.2) is 0 Å². The van der Waals surface area contributed by atoms with Crippen molar-refractivity contribution in [1.29, 1.82) is 0 Å². The Bertz CT molecular complexity index is 1030. The van der Waals surface area contributed by atoms with Gasteiger partial charge in [-0.2, -0.15) is 0 Å². The summed E-state index contributed by atoms with van der Waals surface area (Å²) in [6, 6.07) is 0. The summed E-state index contributed by atoms with van der Waals surface area (Å²) in [5.41, 5.74) is 5.96. The Morgan fingerprint density at radius 1 is 0.972 bits per heavy atom. The number of methoxy groups -OCH3 is 1. The summed E-state index contributed by atoms with van der Waals surface area (Å²) in [7, 11) is 1.51. The van der Waals surface area contributed by atoms with Crippen molar-refractivity contribution in [3.63, 3.8) is 0 Å². The van der Waals surface area contributed by atoms with E-state index in [2.05, 4.69) is 41.5 Å². The third-order valence-electron chi connectivity index (χ3n) is 13.1. The number of ether oxygens (including phenoxy) is 1. The van der Waals surface area contributed by atoms with E-state index in [1.807, 2.05) is 0 Å². The van der Waals surface area contributed by atoms with Crippen molar-refractivity contribution in [3.8, 4) is 0 Å². The van der Waals surface area contributed by atoms with Crippen molar-refractivity contribution in [1.82, 2.24) is 0 Å². The number of hydrogen-bond acceptors (Lipinski definition) is 5. The molecule has 0 saturated heterocycles. The molecule has 9 atom stereocenters. The van der Waals surface area contributed by atoms with Gasteiger partial charge in [0.05, 0.1) is 12.5 Å². The Labute approximate surface area is 217 Å². The number of fused-ring (bicyclic) bond motifs is 7. The maximum Gasteiger partial charge on any atom is 0.312 e. The first-order valence-corrected chi connectivity index (χ1v) is 14.3. The fraction of sp³-hybridized carbons (Fsp3) is 0.839. The summed E-state index contributed by atoms with van der Waals surface area (Å²) >= 11 is 0. The number of carbonyl (C=O) groups excluding carboxylic acids is 3. The van der Waals surface area contributed by atoms with Crippen LogP contribution in [0.2, 0.25) is 0 Å². The molecule has 0 aromatic rings. The number of ketones is 2. The Balaban J connectivity index is 1.61. The zero-order chi connectivity index (χ0) is 26.5. The van der Waals surface area contributed by atoms with Gasteiger partial charge in [-0.15, -0.1) is 0 Å². The molecule has 5 saturated carbocycles. The first-order valence-electron chi connectivity index (χ1n) is 14.3. The van der Waals surface area contributed by atoms with Gasteiger partial charge in [0.2, 0.25) is 0 Å². The lowest BCUT2D eigenvalue weighted by molar-refractivity contribution is -0.229. The van der Waals surface area contributed by atoms with Crippen molar-refractivity contribution in [2.45, 2.75) is 99.3 Å². The minimum atomic E-state index is -0.532. The van der Waals surface area contributed by atoms with Crippen LogP contribution in [0.15, 0.2) is 11.8 Å². The smallest absolute Gasteiger partial charge is 0.312 e. The number of esters is 1. The molecule has 200 valence electrons. The molecule has 0 radical (unpaired) electrons. The van der Waals surface area contributed by atoms with Gasteiger partial charge in [0, 0.05) is 30.0 Å². The predicted octanol–water partition coefficient (Wildman–Crippen LogP) is 5.85. The van der Waals surface area contributed by atoms with Gasteiger partial charge in [0.1, 0.15) is 5.78 Å². The Morgan fingerprint density at radius 2 is 1.64 bits per heavy atom. The number of hydrogen-bond donors (Lipinski definition) is 1. The van der Waals surface area contributed by atoms with E-state index < -0.39 is 5.41 Å². The number of rotatable bonds is 1. The van der Waals surface area contributed by atoms with Crippen molar-refractivity contribution in [2.24, 2.45) is 62.4 Å². The molecule has 5 aliphatic carbocycles. The van der Waals surface area contributed by atoms with Gasteiger partial charge in [-0.1, -0.05) is 41.5 Å². The summed E-state index contributed by atoms with van der Waals surface area (Å²) in [5, 5.41) is 0. The third kappa shape index (κ3) is 3.10. The second-order valence-corrected chi connectivity index (χ2v) is 14.8. The largest absolute Gasteiger partial charge is 0.469 e. The van der Waals surface area contributed by atoms with Crippen LogP contribution in [0.5, 0.6) is 0 Å². The molecule has 5 rings (SSSR count). The highest BCUT2D eigenvalue weighted by atomic mass is 16.5. The number of Topliss-reactive ketones (excluding diaryl/α,β-unsaturated/α-hetero) is 2. The molecule has 0 aromatic carbocycles. The number of allylic oxidation sites excluding steroid dienone is 1. The van der Waals surface area contributed by atoms with Crippen LogP contribution in [0.25, 0.3) is 0 Å². The summed E-state index contributed by atoms with van der Waals surface area (Å²) in [4.78, 5) is 40.8. The summed E-state index contributed by atoms with van der Waals surface area (Å²) in [6.07, 6.45) is 9.23. The van der Waals surface area contributed by atoms with Crippen LogP contribution in [0.1, 0.15) is 99.3 Å². The summed E-state index contributed by atoms with van der Waals surface area (Å²) in [5.74, 6) is 0.809. The minimum absolute atomic E-state index is 0.0273.